The number of hydrogen-bond donors (Lipinski definition) is 1. The fourth-order valence-electron chi connectivity index (χ4n) is 2.29. The standard InChI is InChI=1S/C12H24ClN/c1-11(2)8-14-10-12(9-13)6-4-3-5-7-12/h11,14H,3-10H2,1-2H3. The zero-order valence-electron chi connectivity index (χ0n) is 9.61. The Bertz CT molecular complexity index is 150. The number of hydrogen-bond acceptors (Lipinski definition) is 1. The normalized spacial score (nSPS) is 21.4. The quantitative estimate of drug-likeness (QED) is 0.696. The third-order valence-corrected chi connectivity index (χ3v) is 3.82. The molecule has 0 aliphatic heterocycles. The molecule has 1 aliphatic carbocycles. The van der Waals surface area contributed by atoms with Crippen molar-refractivity contribution in [2.24, 2.45) is 11.3 Å². The molecule has 0 radical (unpaired) electrons. The maximum absolute atomic E-state index is 6.11. The van der Waals surface area contributed by atoms with Crippen molar-refractivity contribution < 1.29 is 0 Å². The molecular weight excluding hydrogens is 194 g/mol. The molecule has 1 N–H and O–H groups in total. The molecule has 0 spiro atoms. The van der Waals surface area contributed by atoms with Crippen LogP contribution in [0.5, 0.6) is 0 Å². The van der Waals surface area contributed by atoms with Gasteiger partial charge < -0.3 is 5.32 Å². The molecule has 2 heteroatoms. The van der Waals surface area contributed by atoms with Gasteiger partial charge in [0.25, 0.3) is 0 Å². The number of rotatable bonds is 5. The van der Waals surface area contributed by atoms with E-state index in [1.165, 1.54) is 32.1 Å². The number of nitrogens with one attached hydrogen (secondary N) is 1. The fraction of sp³-hybridized carbons (Fsp3) is 1.00. The van der Waals surface area contributed by atoms with E-state index in [9.17, 15) is 0 Å². The second-order valence-corrected chi connectivity index (χ2v) is 5.49. The fourth-order valence-corrected chi connectivity index (χ4v) is 2.65. The minimum atomic E-state index is 0.411. The summed E-state index contributed by atoms with van der Waals surface area (Å²) in [7, 11) is 0. The minimum absolute atomic E-state index is 0.411. The van der Waals surface area contributed by atoms with Gasteiger partial charge in [-0.1, -0.05) is 33.1 Å². The van der Waals surface area contributed by atoms with Crippen LogP contribution >= 0.6 is 11.6 Å². The molecule has 0 heterocycles. The Balaban J connectivity index is 2.29. The SMILES string of the molecule is CC(C)CNCC1(CCl)CCCCC1. The lowest BCUT2D eigenvalue weighted by Gasteiger charge is -2.36. The first-order valence-electron chi connectivity index (χ1n) is 5.95. The number of halogens is 1. The molecule has 1 nitrogen and oxygen atoms in total. The van der Waals surface area contributed by atoms with Crippen LogP contribution in [0, 0.1) is 11.3 Å². The van der Waals surface area contributed by atoms with Gasteiger partial charge in [0.1, 0.15) is 0 Å². The Morgan fingerprint density at radius 1 is 1.21 bits per heavy atom. The van der Waals surface area contributed by atoms with Crippen LogP contribution in [0.2, 0.25) is 0 Å². The molecule has 0 saturated heterocycles. The van der Waals surface area contributed by atoms with Gasteiger partial charge in [-0.3, -0.25) is 0 Å². The van der Waals surface area contributed by atoms with E-state index in [1.807, 2.05) is 0 Å². The zero-order chi connectivity index (χ0) is 10.4. The smallest absolute Gasteiger partial charge is 0.0292 e. The third-order valence-electron chi connectivity index (χ3n) is 3.25. The van der Waals surface area contributed by atoms with Gasteiger partial charge in [0.15, 0.2) is 0 Å². The van der Waals surface area contributed by atoms with E-state index in [1.54, 1.807) is 0 Å². The molecule has 0 atom stereocenters. The van der Waals surface area contributed by atoms with Gasteiger partial charge in [-0.25, -0.2) is 0 Å². The summed E-state index contributed by atoms with van der Waals surface area (Å²) in [5, 5.41) is 3.56. The maximum Gasteiger partial charge on any atom is 0.0292 e. The molecular formula is C12H24ClN. The average molecular weight is 218 g/mol. The Hall–Kier alpha value is 0.250. The largest absolute Gasteiger partial charge is 0.316 e. The highest BCUT2D eigenvalue weighted by atomic mass is 35.5. The van der Waals surface area contributed by atoms with Crippen molar-refractivity contribution in [2.45, 2.75) is 46.0 Å². The van der Waals surface area contributed by atoms with Crippen molar-refractivity contribution in [1.82, 2.24) is 5.32 Å². The van der Waals surface area contributed by atoms with Gasteiger partial charge in [0, 0.05) is 12.4 Å². The second-order valence-electron chi connectivity index (χ2n) is 5.22. The summed E-state index contributed by atoms with van der Waals surface area (Å²) in [6, 6.07) is 0. The van der Waals surface area contributed by atoms with Crippen LogP contribution in [0.25, 0.3) is 0 Å². The molecule has 0 bridgehead atoms. The first-order chi connectivity index (χ1) is 6.68. The Kier molecular flexibility index (Phi) is 5.25. The third kappa shape index (κ3) is 3.78. The lowest BCUT2D eigenvalue weighted by atomic mass is 9.75. The van der Waals surface area contributed by atoms with Crippen molar-refractivity contribution in [3.8, 4) is 0 Å². The van der Waals surface area contributed by atoms with Crippen molar-refractivity contribution >= 4 is 11.6 Å². The van der Waals surface area contributed by atoms with E-state index in [4.69, 9.17) is 11.6 Å². The van der Waals surface area contributed by atoms with Crippen LogP contribution in [0.1, 0.15) is 46.0 Å². The van der Waals surface area contributed by atoms with Crippen LogP contribution < -0.4 is 5.32 Å². The summed E-state index contributed by atoms with van der Waals surface area (Å²) >= 11 is 6.11. The zero-order valence-corrected chi connectivity index (χ0v) is 10.4. The average Bonchev–Trinajstić information content (AvgIpc) is 2.19. The van der Waals surface area contributed by atoms with E-state index >= 15 is 0 Å². The highest BCUT2D eigenvalue weighted by molar-refractivity contribution is 6.18. The molecule has 1 fully saturated rings. The lowest BCUT2D eigenvalue weighted by molar-refractivity contribution is 0.210. The van der Waals surface area contributed by atoms with Crippen LogP contribution in [0.4, 0.5) is 0 Å². The van der Waals surface area contributed by atoms with Gasteiger partial charge >= 0.3 is 0 Å². The Morgan fingerprint density at radius 2 is 1.86 bits per heavy atom. The topological polar surface area (TPSA) is 12.0 Å². The van der Waals surface area contributed by atoms with Gasteiger partial charge in [-0.2, -0.15) is 0 Å². The van der Waals surface area contributed by atoms with Crippen molar-refractivity contribution in [3.63, 3.8) is 0 Å². The summed E-state index contributed by atoms with van der Waals surface area (Å²) in [6.45, 7) is 6.75. The molecule has 0 aromatic rings. The molecule has 0 aromatic heterocycles. The summed E-state index contributed by atoms with van der Waals surface area (Å²) in [5.41, 5.74) is 0.411. The summed E-state index contributed by atoms with van der Waals surface area (Å²) < 4.78 is 0. The van der Waals surface area contributed by atoms with Crippen LogP contribution in [0.3, 0.4) is 0 Å². The predicted octanol–water partition coefficient (Wildman–Crippen LogP) is 3.42. The van der Waals surface area contributed by atoms with Gasteiger partial charge in [-0.15, -0.1) is 11.6 Å². The molecule has 0 aromatic carbocycles. The molecule has 0 unspecified atom stereocenters. The van der Waals surface area contributed by atoms with E-state index in [2.05, 4.69) is 19.2 Å². The van der Waals surface area contributed by atoms with Crippen molar-refractivity contribution in [3.05, 3.63) is 0 Å². The molecule has 14 heavy (non-hydrogen) atoms. The summed E-state index contributed by atoms with van der Waals surface area (Å²) in [6.07, 6.45) is 6.79. The summed E-state index contributed by atoms with van der Waals surface area (Å²) in [5.74, 6) is 1.57. The van der Waals surface area contributed by atoms with E-state index in [-0.39, 0.29) is 0 Å². The lowest BCUT2D eigenvalue weighted by Crippen LogP contribution is -2.38. The van der Waals surface area contributed by atoms with Crippen molar-refractivity contribution in [1.29, 1.82) is 0 Å². The second kappa shape index (κ2) is 5.97. The van der Waals surface area contributed by atoms with E-state index < -0.39 is 0 Å². The molecule has 1 aliphatic rings. The van der Waals surface area contributed by atoms with E-state index in [0.29, 0.717) is 5.41 Å². The van der Waals surface area contributed by atoms with Gasteiger partial charge in [-0.05, 0) is 30.7 Å². The molecule has 1 rings (SSSR count). The van der Waals surface area contributed by atoms with Gasteiger partial charge in [0.2, 0.25) is 0 Å². The van der Waals surface area contributed by atoms with Crippen LogP contribution in [-0.2, 0) is 0 Å². The highest BCUT2D eigenvalue weighted by Gasteiger charge is 2.30. The molecule has 1 saturated carbocycles. The molecule has 0 amide bonds. The Labute approximate surface area is 93.6 Å². The van der Waals surface area contributed by atoms with Crippen LogP contribution in [-0.4, -0.2) is 19.0 Å². The first-order valence-corrected chi connectivity index (χ1v) is 6.49. The highest BCUT2D eigenvalue weighted by Crippen LogP contribution is 2.36. The number of alkyl halides is 1. The van der Waals surface area contributed by atoms with E-state index in [0.717, 1.165) is 24.9 Å². The molecule has 84 valence electrons. The minimum Gasteiger partial charge on any atom is -0.316 e. The van der Waals surface area contributed by atoms with Crippen LogP contribution in [0.15, 0.2) is 0 Å². The maximum atomic E-state index is 6.11. The first kappa shape index (κ1) is 12.3. The van der Waals surface area contributed by atoms with Crippen molar-refractivity contribution in [2.75, 3.05) is 19.0 Å². The predicted molar refractivity (Wildman–Crippen MR) is 63.9 cm³/mol. The van der Waals surface area contributed by atoms with Gasteiger partial charge in [0.05, 0.1) is 0 Å². The monoisotopic (exact) mass is 217 g/mol. The summed E-state index contributed by atoms with van der Waals surface area (Å²) in [4.78, 5) is 0. The Morgan fingerprint density at radius 3 is 2.36 bits per heavy atom.